The maximum atomic E-state index is 9.17. The molecule has 1 aliphatic rings. The molecule has 0 spiro atoms. The third-order valence-corrected chi connectivity index (χ3v) is 5.29. The Bertz CT molecular complexity index is 200. The molecule has 0 aromatic rings. The first-order valence-electron chi connectivity index (χ1n) is 7.04. The molecule has 3 heteroatoms. The van der Waals surface area contributed by atoms with Crippen LogP contribution in [0.4, 0.5) is 0 Å². The minimum Gasteiger partial charge on any atom is -0.395 e. The number of hydrogen-bond donors (Lipinski definition) is 1. The lowest BCUT2D eigenvalue weighted by Crippen LogP contribution is -2.43. The first-order chi connectivity index (χ1) is 8.13. The molecule has 0 aliphatic heterocycles. The molecule has 0 saturated heterocycles. The number of aliphatic hydroxyl groups is 1. The normalized spacial score (nSPS) is 20.8. The van der Waals surface area contributed by atoms with Crippen LogP contribution in [-0.2, 0) is 0 Å². The van der Waals surface area contributed by atoms with Crippen molar-refractivity contribution >= 4 is 15.9 Å². The molecule has 1 N–H and O–H groups in total. The van der Waals surface area contributed by atoms with Crippen LogP contribution in [0.5, 0.6) is 0 Å². The van der Waals surface area contributed by atoms with Gasteiger partial charge in [-0.25, -0.2) is 0 Å². The summed E-state index contributed by atoms with van der Waals surface area (Å²) in [6.45, 7) is 6.68. The fourth-order valence-electron chi connectivity index (χ4n) is 2.89. The van der Waals surface area contributed by atoms with Crippen LogP contribution < -0.4 is 0 Å². The lowest BCUT2D eigenvalue weighted by Gasteiger charge is -2.38. The van der Waals surface area contributed by atoms with Crippen LogP contribution in [0, 0.1) is 5.41 Å². The van der Waals surface area contributed by atoms with E-state index >= 15 is 0 Å². The van der Waals surface area contributed by atoms with Crippen molar-refractivity contribution in [1.29, 1.82) is 0 Å². The Labute approximate surface area is 115 Å². The Hall–Kier alpha value is 0.400. The standard InChI is InChI=1S/C14H28BrNO/c1-13(2)16(9-10-17)12-14(11-15)7-5-3-4-6-8-14/h13,17H,3-12H2,1-2H3. The van der Waals surface area contributed by atoms with Crippen molar-refractivity contribution < 1.29 is 5.11 Å². The molecule has 0 bridgehead atoms. The van der Waals surface area contributed by atoms with Gasteiger partial charge in [0, 0.05) is 24.5 Å². The van der Waals surface area contributed by atoms with Gasteiger partial charge in [0.15, 0.2) is 0 Å². The van der Waals surface area contributed by atoms with E-state index in [2.05, 4.69) is 34.7 Å². The van der Waals surface area contributed by atoms with Crippen LogP contribution >= 0.6 is 15.9 Å². The molecule has 2 nitrogen and oxygen atoms in total. The zero-order chi connectivity index (χ0) is 12.7. The van der Waals surface area contributed by atoms with Gasteiger partial charge in [-0.05, 0) is 32.1 Å². The maximum absolute atomic E-state index is 9.17. The Morgan fingerprint density at radius 3 is 2.18 bits per heavy atom. The lowest BCUT2D eigenvalue weighted by atomic mass is 9.81. The van der Waals surface area contributed by atoms with E-state index in [0.29, 0.717) is 11.5 Å². The highest BCUT2D eigenvalue weighted by atomic mass is 79.9. The second-order valence-corrected chi connectivity index (χ2v) is 6.40. The summed E-state index contributed by atoms with van der Waals surface area (Å²) in [4.78, 5) is 2.44. The van der Waals surface area contributed by atoms with Gasteiger partial charge in [-0.1, -0.05) is 41.6 Å². The van der Waals surface area contributed by atoms with Gasteiger partial charge in [0.25, 0.3) is 0 Å². The minimum absolute atomic E-state index is 0.274. The quantitative estimate of drug-likeness (QED) is 0.600. The Morgan fingerprint density at radius 2 is 1.76 bits per heavy atom. The molecule has 1 fully saturated rings. The van der Waals surface area contributed by atoms with Gasteiger partial charge in [-0.15, -0.1) is 0 Å². The molecule has 1 saturated carbocycles. The van der Waals surface area contributed by atoms with Gasteiger partial charge in [0.2, 0.25) is 0 Å². The maximum Gasteiger partial charge on any atom is 0.0558 e. The van der Waals surface area contributed by atoms with Crippen LogP contribution in [0.1, 0.15) is 52.4 Å². The molecular formula is C14H28BrNO. The van der Waals surface area contributed by atoms with Crippen molar-refractivity contribution in [2.24, 2.45) is 5.41 Å². The summed E-state index contributed by atoms with van der Waals surface area (Å²) in [5, 5.41) is 10.3. The van der Waals surface area contributed by atoms with Crippen molar-refractivity contribution in [3.63, 3.8) is 0 Å². The SMILES string of the molecule is CC(C)N(CCO)CC1(CBr)CCCCCC1. The van der Waals surface area contributed by atoms with Gasteiger partial charge < -0.3 is 5.11 Å². The largest absolute Gasteiger partial charge is 0.395 e. The number of alkyl halides is 1. The summed E-state index contributed by atoms with van der Waals surface area (Å²) in [5.74, 6) is 0. The number of halogens is 1. The van der Waals surface area contributed by atoms with Crippen molar-refractivity contribution in [1.82, 2.24) is 4.90 Å². The number of hydrogen-bond acceptors (Lipinski definition) is 2. The van der Waals surface area contributed by atoms with Crippen LogP contribution in [0.2, 0.25) is 0 Å². The second-order valence-electron chi connectivity index (χ2n) is 5.84. The highest BCUT2D eigenvalue weighted by molar-refractivity contribution is 9.09. The molecule has 17 heavy (non-hydrogen) atoms. The van der Waals surface area contributed by atoms with Crippen molar-refractivity contribution in [2.75, 3.05) is 25.0 Å². The minimum atomic E-state index is 0.274. The highest BCUT2D eigenvalue weighted by Gasteiger charge is 2.32. The number of nitrogens with zero attached hydrogens (tertiary/aromatic N) is 1. The average Bonchev–Trinajstić information content (AvgIpc) is 2.54. The molecule has 0 aromatic carbocycles. The van der Waals surface area contributed by atoms with Gasteiger partial charge in [0.05, 0.1) is 6.61 Å². The summed E-state index contributed by atoms with van der Waals surface area (Å²) >= 11 is 3.74. The highest BCUT2D eigenvalue weighted by Crippen LogP contribution is 2.37. The van der Waals surface area contributed by atoms with E-state index < -0.39 is 0 Å². The topological polar surface area (TPSA) is 23.5 Å². The summed E-state index contributed by atoms with van der Waals surface area (Å²) in [5.41, 5.74) is 0.440. The molecule has 102 valence electrons. The molecule has 0 amide bonds. The monoisotopic (exact) mass is 305 g/mol. The van der Waals surface area contributed by atoms with Gasteiger partial charge in [0.1, 0.15) is 0 Å². The fraction of sp³-hybridized carbons (Fsp3) is 1.00. The van der Waals surface area contributed by atoms with Gasteiger partial charge in [-0.2, -0.15) is 0 Å². The van der Waals surface area contributed by atoms with E-state index in [9.17, 15) is 5.11 Å². The van der Waals surface area contributed by atoms with Crippen LogP contribution in [-0.4, -0.2) is 41.1 Å². The zero-order valence-corrected chi connectivity index (χ0v) is 13.0. The van der Waals surface area contributed by atoms with E-state index in [4.69, 9.17) is 0 Å². The van der Waals surface area contributed by atoms with Crippen molar-refractivity contribution in [2.45, 2.75) is 58.4 Å². The molecule has 1 aliphatic carbocycles. The predicted octanol–water partition coefficient (Wildman–Crippen LogP) is 3.42. The Balaban J connectivity index is 2.63. The van der Waals surface area contributed by atoms with Crippen molar-refractivity contribution in [3.05, 3.63) is 0 Å². The number of rotatable bonds is 6. The first kappa shape index (κ1) is 15.5. The van der Waals surface area contributed by atoms with Crippen molar-refractivity contribution in [3.8, 4) is 0 Å². The lowest BCUT2D eigenvalue weighted by molar-refractivity contribution is 0.101. The number of aliphatic hydroxyl groups excluding tert-OH is 1. The van der Waals surface area contributed by atoms with Crippen LogP contribution in [0.3, 0.4) is 0 Å². The van der Waals surface area contributed by atoms with Gasteiger partial charge >= 0.3 is 0 Å². The van der Waals surface area contributed by atoms with E-state index in [1.807, 2.05) is 0 Å². The average molecular weight is 306 g/mol. The van der Waals surface area contributed by atoms with E-state index in [1.165, 1.54) is 38.5 Å². The molecule has 0 heterocycles. The van der Waals surface area contributed by atoms with Gasteiger partial charge in [-0.3, -0.25) is 4.90 Å². The predicted molar refractivity (Wildman–Crippen MR) is 77.7 cm³/mol. The smallest absolute Gasteiger partial charge is 0.0558 e. The molecule has 0 atom stereocenters. The zero-order valence-electron chi connectivity index (χ0n) is 11.4. The molecule has 0 aromatic heterocycles. The third kappa shape index (κ3) is 4.88. The Morgan fingerprint density at radius 1 is 1.18 bits per heavy atom. The Kier molecular flexibility index (Phi) is 7.05. The van der Waals surface area contributed by atoms with Crippen LogP contribution in [0.15, 0.2) is 0 Å². The second kappa shape index (κ2) is 7.75. The summed E-state index contributed by atoms with van der Waals surface area (Å²) < 4.78 is 0. The molecule has 0 unspecified atom stereocenters. The van der Waals surface area contributed by atoms with E-state index in [1.54, 1.807) is 0 Å². The molecular weight excluding hydrogens is 278 g/mol. The van der Waals surface area contributed by atoms with E-state index in [0.717, 1.165) is 18.4 Å². The summed E-state index contributed by atoms with van der Waals surface area (Å²) in [7, 11) is 0. The third-order valence-electron chi connectivity index (χ3n) is 4.10. The first-order valence-corrected chi connectivity index (χ1v) is 8.16. The van der Waals surface area contributed by atoms with E-state index in [-0.39, 0.29) is 6.61 Å². The fourth-order valence-corrected chi connectivity index (χ4v) is 3.63. The van der Waals surface area contributed by atoms with Crippen LogP contribution in [0.25, 0.3) is 0 Å². The summed E-state index contributed by atoms with van der Waals surface area (Å²) in [6.07, 6.45) is 8.22. The summed E-state index contributed by atoms with van der Waals surface area (Å²) in [6, 6.07) is 0.529. The molecule has 0 radical (unpaired) electrons. The molecule has 1 rings (SSSR count).